The lowest BCUT2D eigenvalue weighted by molar-refractivity contribution is 0.0357. The fourth-order valence-electron chi connectivity index (χ4n) is 4.52. The Morgan fingerprint density at radius 2 is 1.88 bits per heavy atom. The third kappa shape index (κ3) is 7.02. The first-order chi connectivity index (χ1) is 20.0. The van der Waals surface area contributed by atoms with Crippen LogP contribution >= 0.6 is 11.6 Å². The maximum atomic E-state index is 14.1. The summed E-state index contributed by atoms with van der Waals surface area (Å²) in [6, 6.07) is 16.7. The van der Waals surface area contributed by atoms with Crippen LogP contribution in [0.15, 0.2) is 67.0 Å². The van der Waals surface area contributed by atoms with Gasteiger partial charge in [-0.2, -0.15) is 0 Å². The number of halogens is 2. The molecule has 41 heavy (non-hydrogen) atoms. The van der Waals surface area contributed by atoms with Crippen LogP contribution in [-0.4, -0.2) is 67.5 Å². The minimum absolute atomic E-state index is 0.0272. The molecular formula is C30H30ClFN4O5. The molecule has 1 fully saturated rings. The van der Waals surface area contributed by atoms with Gasteiger partial charge in [0.25, 0.3) is 0 Å². The first kappa shape index (κ1) is 28.5. The summed E-state index contributed by atoms with van der Waals surface area (Å²) in [6.45, 7) is 4.67. The number of anilines is 2. The standard InChI is InChI=1S/C30H30ClFN4O5/c1-38-27-18-26-23(17-28(27)40-13-5-10-35-11-14-39-15-12-35)29(34-20-33-26)36(22-8-9-25(32)24(31)16-22)30(37)41-19-21-6-3-2-4-7-21/h2-4,6-9,16-18,20H,5,10-15,19H2,1H3. The van der Waals surface area contributed by atoms with E-state index in [1.165, 1.54) is 29.4 Å². The number of nitrogens with zero attached hydrogens (tertiary/aromatic N) is 4. The Balaban J connectivity index is 1.45. The summed E-state index contributed by atoms with van der Waals surface area (Å²) < 4.78 is 36.8. The van der Waals surface area contributed by atoms with Crippen LogP contribution in [-0.2, 0) is 16.1 Å². The summed E-state index contributed by atoms with van der Waals surface area (Å²) in [5, 5.41) is 0.362. The molecule has 1 aliphatic heterocycles. The molecular weight excluding hydrogens is 551 g/mol. The number of hydrogen-bond acceptors (Lipinski definition) is 8. The van der Waals surface area contributed by atoms with Gasteiger partial charge in [-0.1, -0.05) is 41.9 Å². The molecule has 0 bridgehead atoms. The van der Waals surface area contributed by atoms with Gasteiger partial charge >= 0.3 is 6.09 Å². The van der Waals surface area contributed by atoms with E-state index in [9.17, 15) is 9.18 Å². The first-order valence-electron chi connectivity index (χ1n) is 13.2. The van der Waals surface area contributed by atoms with Gasteiger partial charge in [0.1, 0.15) is 18.8 Å². The van der Waals surface area contributed by atoms with Crippen molar-refractivity contribution < 1.29 is 28.1 Å². The monoisotopic (exact) mass is 580 g/mol. The molecule has 1 saturated heterocycles. The van der Waals surface area contributed by atoms with Crippen LogP contribution < -0.4 is 14.4 Å². The second-order valence-corrected chi connectivity index (χ2v) is 9.75. The lowest BCUT2D eigenvalue weighted by atomic mass is 10.2. The number of hydrogen-bond donors (Lipinski definition) is 0. The van der Waals surface area contributed by atoms with Gasteiger partial charge in [-0.25, -0.2) is 24.1 Å². The molecule has 9 nitrogen and oxygen atoms in total. The maximum Gasteiger partial charge on any atom is 0.420 e. The van der Waals surface area contributed by atoms with Gasteiger partial charge in [-0.05, 0) is 36.2 Å². The van der Waals surface area contributed by atoms with E-state index in [1.54, 1.807) is 19.2 Å². The van der Waals surface area contributed by atoms with Crippen LogP contribution in [0.5, 0.6) is 11.5 Å². The highest BCUT2D eigenvalue weighted by Crippen LogP contribution is 2.38. The first-order valence-corrected chi connectivity index (χ1v) is 13.6. The van der Waals surface area contributed by atoms with Crippen LogP contribution in [0.3, 0.4) is 0 Å². The average molecular weight is 581 g/mol. The SMILES string of the molecule is COc1cc2ncnc(N(C(=O)OCc3ccccc3)c3ccc(F)c(Cl)c3)c2cc1OCCCN1CCOCC1. The number of carbonyl (C=O) groups excluding carboxylic acids is 1. The molecule has 0 atom stereocenters. The van der Waals surface area contributed by atoms with Crippen molar-refractivity contribution in [1.82, 2.24) is 14.9 Å². The minimum Gasteiger partial charge on any atom is -0.493 e. The highest BCUT2D eigenvalue weighted by atomic mass is 35.5. The van der Waals surface area contributed by atoms with Crippen molar-refractivity contribution >= 4 is 40.1 Å². The Morgan fingerprint density at radius 1 is 1.07 bits per heavy atom. The normalized spacial score (nSPS) is 13.6. The fourth-order valence-corrected chi connectivity index (χ4v) is 4.69. The molecule has 4 aromatic rings. The Kier molecular flexibility index (Phi) is 9.45. The fraction of sp³-hybridized carbons (Fsp3) is 0.300. The van der Waals surface area contributed by atoms with Gasteiger partial charge in [-0.3, -0.25) is 4.90 Å². The molecule has 11 heteroatoms. The predicted molar refractivity (Wildman–Crippen MR) is 154 cm³/mol. The number of amides is 1. The van der Waals surface area contributed by atoms with Crippen LogP contribution in [0, 0.1) is 5.82 Å². The lowest BCUT2D eigenvalue weighted by Gasteiger charge is -2.26. The van der Waals surface area contributed by atoms with E-state index >= 15 is 0 Å². The average Bonchev–Trinajstić information content (AvgIpc) is 3.01. The van der Waals surface area contributed by atoms with E-state index in [0.29, 0.717) is 29.0 Å². The predicted octanol–water partition coefficient (Wildman–Crippen LogP) is 6.01. The van der Waals surface area contributed by atoms with Gasteiger partial charge in [0.05, 0.1) is 43.2 Å². The van der Waals surface area contributed by atoms with E-state index in [4.69, 9.17) is 30.5 Å². The molecule has 5 rings (SSSR count). The molecule has 0 spiro atoms. The number of benzene rings is 3. The van der Waals surface area contributed by atoms with Crippen molar-refractivity contribution in [3.05, 3.63) is 83.4 Å². The second kappa shape index (κ2) is 13.6. The Hall–Kier alpha value is -3.99. The number of carbonyl (C=O) groups is 1. The number of fused-ring (bicyclic) bond motifs is 1. The van der Waals surface area contributed by atoms with Crippen molar-refractivity contribution in [2.75, 3.05) is 51.5 Å². The highest BCUT2D eigenvalue weighted by Gasteiger charge is 2.25. The van der Waals surface area contributed by atoms with Crippen molar-refractivity contribution in [3.8, 4) is 11.5 Å². The van der Waals surface area contributed by atoms with Crippen LogP contribution in [0.2, 0.25) is 5.02 Å². The third-order valence-corrected chi connectivity index (χ3v) is 6.93. The van der Waals surface area contributed by atoms with Crippen LogP contribution in [0.1, 0.15) is 12.0 Å². The number of aromatic nitrogens is 2. The molecule has 3 aromatic carbocycles. The summed E-state index contributed by atoms with van der Waals surface area (Å²) in [4.78, 5) is 26.0. The summed E-state index contributed by atoms with van der Waals surface area (Å²) in [6.07, 6.45) is 1.42. The molecule has 214 valence electrons. The summed E-state index contributed by atoms with van der Waals surface area (Å²) >= 11 is 6.10. The van der Waals surface area contributed by atoms with Crippen molar-refractivity contribution in [2.24, 2.45) is 0 Å². The van der Waals surface area contributed by atoms with Gasteiger partial charge in [0.15, 0.2) is 17.3 Å². The van der Waals surface area contributed by atoms with Crippen molar-refractivity contribution in [3.63, 3.8) is 0 Å². The topological polar surface area (TPSA) is 86.3 Å². The van der Waals surface area contributed by atoms with Gasteiger partial charge in [-0.15, -0.1) is 0 Å². The van der Waals surface area contributed by atoms with E-state index in [1.807, 2.05) is 30.3 Å². The van der Waals surface area contributed by atoms with E-state index < -0.39 is 11.9 Å². The lowest BCUT2D eigenvalue weighted by Crippen LogP contribution is -2.37. The zero-order chi connectivity index (χ0) is 28.6. The quantitative estimate of drug-likeness (QED) is 0.211. The molecule has 0 radical (unpaired) electrons. The van der Waals surface area contributed by atoms with E-state index in [2.05, 4.69) is 14.9 Å². The number of morpholine rings is 1. The Labute approximate surface area is 242 Å². The van der Waals surface area contributed by atoms with Crippen LogP contribution in [0.4, 0.5) is 20.7 Å². The number of ether oxygens (including phenoxy) is 4. The number of rotatable bonds is 10. The van der Waals surface area contributed by atoms with Gasteiger partial charge in [0, 0.05) is 31.1 Å². The zero-order valence-corrected chi connectivity index (χ0v) is 23.3. The zero-order valence-electron chi connectivity index (χ0n) is 22.6. The highest BCUT2D eigenvalue weighted by molar-refractivity contribution is 6.31. The van der Waals surface area contributed by atoms with E-state index in [-0.39, 0.29) is 23.1 Å². The third-order valence-electron chi connectivity index (χ3n) is 6.64. The second-order valence-electron chi connectivity index (χ2n) is 9.35. The molecule has 2 heterocycles. The summed E-state index contributed by atoms with van der Waals surface area (Å²) in [5.41, 5.74) is 1.60. The smallest absolute Gasteiger partial charge is 0.420 e. The largest absolute Gasteiger partial charge is 0.493 e. The Bertz CT molecular complexity index is 1490. The van der Waals surface area contributed by atoms with Crippen LogP contribution in [0.25, 0.3) is 10.9 Å². The van der Waals surface area contributed by atoms with E-state index in [0.717, 1.165) is 44.8 Å². The molecule has 0 N–H and O–H groups in total. The molecule has 0 saturated carbocycles. The molecule has 0 aliphatic carbocycles. The summed E-state index contributed by atoms with van der Waals surface area (Å²) in [5.74, 6) is 0.582. The molecule has 1 amide bonds. The van der Waals surface area contributed by atoms with Crippen molar-refractivity contribution in [2.45, 2.75) is 13.0 Å². The van der Waals surface area contributed by atoms with Gasteiger partial charge < -0.3 is 18.9 Å². The Morgan fingerprint density at radius 3 is 2.63 bits per heavy atom. The van der Waals surface area contributed by atoms with Gasteiger partial charge in [0.2, 0.25) is 0 Å². The molecule has 1 aliphatic rings. The van der Waals surface area contributed by atoms with Crippen molar-refractivity contribution in [1.29, 1.82) is 0 Å². The number of methoxy groups -OCH3 is 1. The maximum absolute atomic E-state index is 14.1. The molecule has 0 unspecified atom stereocenters. The summed E-state index contributed by atoms with van der Waals surface area (Å²) in [7, 11) is 1.55. The minimum atomic E-state index is -0.722. The molecule has 1 aromatic heterocycles.